The first-order chi connectivity index (χ1) is 10.1. The Balaban J connectivity index is 2.01. The summed E-state index contributed by atoms with van der Waals surface area (Å²) in [5.41, 5.74) is 1.12. The Morgan fingerprint density at radius 2 is 1.95 bits per heavy atom. The zero-order chi connectivity index (χ0) is 15.2. The fourth-order valence-corrected chi connectivity index (χ4v) is 2.01. The fourth-order valence-electron chi connectivity index (χ4n) is 2.01. The van der Waals surface area contributed by atoms with E-state index in [0.29, 0.717) is 0 Å². The molecule has 1 heterocycles. The third kappa shape index (κ3) is 3.92. The van der Waals surface area contributed by atoms with Crippen LogP contribution in [0.1, 0.15) is 18.9 Å². The van der Waals surface area contributed by atoms with Crippen molar-refractivity contribution in [2.75, 3.05) is 5.32 Å². The number of anilines is 1. The summed E-state index contributed by atoms with van der Waals surface area (Å²) in [7, 11) is 0. The number of carbonyl (C=O) groups excluding carboxylic acids is 1. The summed E-state index contributed by atoms with van der Waals surface area (Å²) in [6.07, 6.45) is 0.930. The van der Waals surface area contributed by atoms with Gasteiger partial charge in [-0.05, 0) is 18.1 Å². The van der Waals surface area contributed by atoms with Crippen molar-refractivity contribution < 1.29 is 4.79 Å². The van der Waals surface area contributed by atoms with E-state index < -0.39 is 0 Å². The number of rotatable bonds is 5. The summed E-state index contributed by atoms with van der Waals surface area (Å²) >= 11 is 0. The average Bonchev–Trinajstić information content (AvgIpc) is 2.49. The van der Waals surface area contributed by atoms with Crippen LogP contribution in [0, 0.1) is 0 Å². The van der Waals surface area contributed by atoms with Crippen LogP contribution in [0.3, 0.4) is 0 Å². The number of para-hydroxylation sites is 1. The van der Waals surface area contributed by atoms with E-state index in [9.17, 15) is 14.4 Å². The summed E-state index contributed by atoms with van der Waals surface area (Å²) in [4.78, 5) is 34.6. The third-order valence-corrected chi connectivity index (χ3v) is 3.12. The van der Waals surface area contributed by atoms with E-state index in [1.165, 1.54) is 6.07 Å². The van der Waals surface area contributed by atoms with Crippen LogP contribution in [0.2, 0.25) is 0 Å². The minimum atomic E-state index is -0.369. The van der Waals surface area contributed by atoms with Gasteiger partial charge in [0.15, 0.2) is 0 Å². The number of nitrogens with one attached hydrogen (secondary N) is 2. The first-order valence-electron chi connectivity index (χ1n) is 6.78. The van der Waals surface area contributed by atoms with Crippen LogP contribution < -0.4 is 16.4 Å². The first kappa shape index (κ1) is 14.8. The predicted molar refractivity (Wildman–Crippen MR) is 80.4 cm³/mol. The molecule has 0 unspecified atom stereocenters. The molecule has 1 aromatic heterocycles. The molecule has 0 aliphatic rings. The molecule has 110 valence electrons. The van der Waals surface area contributed by atoms with Crippen LogP contribution in [0.15, 0.2) is 46.0 Å². The van der Waals surface area contributed by atoms with Crippen LogP contribution >= 0.6 is 0 Å². The van der Waals surface area contributed by atoms with Gasteiger partial charge in [0.05, 0.1) is 6.54 Å². The molecule has 0 fully saturated rings. The molecule has 1 aromatic carbocycles. The van der Waals surface area contributed by atoms with Gasteiger partial charge in [0.2, 0.25) is 5.91 Å². The van der Waals surface area contributed by atoms with Gasteiger partial charge in [-0.2, -0.15) is 0 Å². The maximum absolute atomic E-state index is 11.9. The normalized spacial score (nSPS) is 10.3. The molecule has 0 bridgehead atoms. The molecule has 2 aromatic rings. The van der Waals surface area contributed by atoms with Crippen molar-refractivity contribution in [1.29, 1.82) is 0 Å². The molecule has 0 aliphatic carbocycles. The highest BCUT2D eigenvalue weighted by Crippen LogP contribution is 2.15. The molecule has 0 aliphatic heterocycles. The van der Waals surface area contributed by atoms with Crippen LogP contribution in [0.25, 0.3) is 0 Å². The Kier molecular flexibility index (Phi) is 4.71. The number of benzene rings is 1. The number of H-pyrrole nitrogens is 1. The van der Waals surface area contributed by atoms with Crippen molar-refractivity contribution in [2.45, 2.75) is 26.3 Å². The lowest BCUT2D eigenvalue weighted by atomic mass is 10.1. The molecule has 21 heavy (non-hydrogen) atoms. The second-order valence-corrected chi connectivity index (χ2v) is 4.61. The van der Waals surface area contributed by atoms with Crippen molar-refractivity contribution in [3.63, 3.8) is 0 Å². The molecule has 0 radical (unpaired) electrons. The van der Waals surface area contributed by atoms with Crippen LogP contribution in [-0.2, 0) is 17.8 Å². The van der Waals surface area contributed by atoms with Crippen LogP contribution in [0.4, 0.5) is 5.69 Å². The molecule has 0 atom stereocenters. The summed E-state index contributed by atoms with van der Waals surface area (Å²) in [5, 5.41) is 5.21. The van der Waals surface area contributed by atoms with E-state index in [2.05, 4.69) is 10.4 Å². The standard InChI is InChI=1S/C15H17N3O3/c1-2-11-5-3-4-6-12(11)16-13(19)9-10-18-15(21)8-7-14(20)17-18/h3-8H,2,9-10H2,1H3,(H,16,19)(H,17,20). The Bertz CT molecular complexity index is 746. The lowest BCUT2D eigenvalue weighted by Gasteiger charge is -2.10. The Labute approximate surface area is 121 Å². The van der Waals surface area contributed by atoms with E-state index in [-0.39, 0.29) is 30.0 Å². The summed E-state index contributed by atoms with van der Waals surface area (Å²) in [5.74, 6) is -0.201. The molecule has 0 saturated heterocycles. The van der Waals surface area contributed by atoms with E-state index in [0.717, 1.165) is 28.4 Å². The lowest BCUT2D eigenvalue weighted by Crippen LogP contribution is -2.29. The van der Waals surface area contributed by atoms with Gasteiger partial charge in [-0.3, -0.25) is 19.5 Å². The molecule has 0 spiro atoms. The maximum Gasteiger partial charge on any atom is 0.265 e. The monoisotopic (exact) mass is 287 g/mol. The predicted octanol–water partition coefficient (Wildman–Crippen LogP) is 1.13. The first-order valence-corrected chi connectivity index (χ1v) is 6.78. The minimum Gasteiger partial charge on any atom is -0.326 e. The van der Waals surface area contributed by atoms with Gasteiger partial charge in [0, 0.05) is 24.2 Å². The van der Waals surface area contributed by atoms with Gasteiger partial charge in [0.1, 0.15) is 0 Å². The number of hydrogen-bond donors (Lipinski definition) is 2. The van der Waals surface area contributed by atoms with Crippen molar-refractivity contribution >= 4 is 11.6 Å². The summed E-state index contributed by atoms with van der Waals surface area (Å²) < 4.78 is 1.13. The lowest BCUT2D eigenvalue weighted by molar-refractivity contribution is -0.116. The highest BCUT2D eigenvalue weighted by Gasteiger charge is 2.06. The second-order valence-electron chi connectivity index (χ2n) is 4.61. The number of aromatic amines is 1. The highest BCUT2D eigenvalue weighted by molar-refractivity contribution is 5.91. The number of amides is 1. The molecule has 0 saturated carbocycles. The van der Waals surface area contributed by atoms with Crippen molar-refractivity contribution in [3.05, 3.63) is 62.7 Å². The fraction of sp³-hybridized carbons (Fsp3) is 0.267. The van der Waals surface area contributed by atoms with Crippen molar-refractivity contribution in [3.8, 4) is 0 Å². The molecule has 6 nitrogen and oxygen atoms in total. The van der Waals surface area contributed by atoms with Gasteiger partial charge in [0.25, 0.3) is 11.1 Å². The van der Waals surface area contributed by atoms with Gasteiger partial charge in [-0.25, -0.2) is 4.68 Å². The van der Waals surface area contributed by atoms with Gasteiger partial charge in [-0.1, -0.05) is 25.1 Å². The Morgan fingerprint density at radius 1 is 1.19 bits per heavy atom. The van der Waals surface area contributed by atoms with Gasteiger partial charge in [-0.15, -0.1) is 0 Å². The SMILES string of the molecule is CCc1ccccc1NC(=O)CCn1[nH]c(=O)ccc1=O. The third-order valence-electron chi connectivity index (χ3n) is 3.12. The molecule has 1 amide bonds. The number of aromatic nitrogens is 2. The Hall–Kier alpha value is -2.63. The number of nitrogens with zero attached hydrogens (tertiary/aromatic N) is 1. The average molecular weight is 287 g/mol. The quantitative estimate of drug-likeness (QED) is 0.864. The van der Waals surface area contributed by atoms with E-state index in [1.807, 2.05) is 31.2 Å². The molecular weight excluding hydrogens is 270 g/mol. The van der Waals surface area contributed by atoms with Crippen LogP contribution in [-0.4, -0.2) is 15.7 Å². The van der Waals surface area contributed by atoms with E-state index >= 15 is 0 Å². The second kappa shape index (κ2) is 6.69. The highest BCUT2D eigenvalue weighted by atomic mass is 16.2. The summed E-state index contributed by atoms with van der Waals surface area (Å²) in [6.45, 7) is 2.15. The van der Waals surface area contributed by atoms with Crippen LogP contribution in [0.5, 0.6) is 0 Å². The molecule has 6 heteroatoms. The zero-order valence-electron chi connectivity index (χ0n) is 11.8. The molecule has 2 N–H and O–H groups in total. The topological polar surface area (TPSA) is 84.0 Å². The van der Waals surface area contributed by atoms with E-state index in [4.69, 9.17) is 0 Å². The van der Waals surface area contributed by atoms with Gasteiger partial charge >= 0.3 is 0 Å². The number of hydrogen-bond acceptors (Lipinski definition) is 3. The van der Waals surface area contributed by atoms with Crippen molar-refractivity contribution in [1.82, 2.24) is 9.78 Å². The molecule has 2 rings (SSSR count). The number of carbonyl (C=O) groups is 1. The molecular formula is C15H17N3O3. The smallest absolute Gasteiger partial charge is 0.265 e. The largest absolute Gasteiger partial charge is 0.326 e. The number of aryl methyl sites for hydroxylation is 2. The Morgan fingerprint density at radius 3 is 2.71 bits per heavy atom. The maximum atomic E-state index is 11.9. The van der Waals surface area contributed by atoms with E-state index in [1.54, 1.807) is 0 Å². The van der Waals surface area contributed by atoms with Crippen molar-refractivity contribution in [2.24, 2.45) is 0 Å². The summed E-state index contributed by atoms with van der Waals surface area (Å²) in [6, 6.07) is 9.91. The minimum absolute atomic E-state index is 0.109. The zero-order valence-corrected chi connectivity index (χ0v) is 11.8. The van der Waals surface area contributed by atoms with Gasteiger partial charge < -0.3 is 5.32 Å².